The number of carbonyl (C=O) groups excluding carboxylic acids is 1. The van der Waals surface area contributed by atoms with Crippen molar-refractivity contribution in [3.8, 4) is 0 Å². The second-order valence-electron chi connectivity index (χ2n) is 5.34. The van der Waals surface area contributed by atoms with Gasteiger partial charge < -0.3 is 19.9 Å². The van der Waals surface area contributed by atoms with Crippen LogP contribution >= 0.6 is 0 Å². The molecule has 8 nitrogen and oxygen atoms in total. The van der Waals surface area contributed by atoms with E-state index in [9.17, 15) is 4.79 Å². The predicted molar refractivity (Wildman–Crippen MR) is 78.8 cm³/mol. The Kier molecular flexibility index (Phi) is 3.76. The Hall–Kier alpha value is -2.48. The van der Waals surface area contributed by atoms with E-state index >= 15 is 0 Å². The molecule has 0 aliphatic carbocycles. The number of nitrogen functional groups attached to an aromatic ring is 1. The van der Waals surface area contributed by atoms with Crippen LogP contribution in [0.2, 0.25) is 0 Å². The van der Waals surface area contributed by atoms with Crippen molar-refractivity contribution in [2.75, 3.05) is 19.4 Å². The van der Waals surface area contributed by atoms with Crippen molar-refractivity contribution >= 4 is 11.7 Å². The number of hydrogen-bond donors (Lipinski definition) is 1. The van der Waals surface area contributed by atoms with Crippen LogP contribution in [0.1, 0.15) is 35.0 Å². The second kappa shape index (κ2) is 5.72. The van der Waals surface area contributed by atoms with Gasteiger partial charge in [0.1, 0.15) is 12.4 Å². The summed E-state index contributed by atoms with van der Waals surface area (Å²) in [7, 11) is 1.62. The standard InChI is InChI=1S/C14H18N6O2/c1-9-6-19(14(21)10-3-4-11(15)16-5-10)7-12-17-18-13(8-22-2)20(9)12/h3-5,9H,6-8H2,1-2H3,(H2,15,16)/t9-/m0/s1. The van der Waals surface area contributed by atoms with Crippen LogP contribution in [-0.2, 0) is 17.9 Å². The third kappa shape index (κ3) is 2.52. The van der Waals surface area contributed by atoms with Gasteiger partial charge in [-0.15, -0.1) is 10.2 Å². The molecular weight excluding hydrogens is 284 g/mol. The average Bonchev–Trinajstić information content (AvgIpc) is 2.91. The zero-order valence-corrected chi connectivity index (χ0v) is 12.6. The summed E-state index contributed by atoms with van der Waals surface area (Å²) in [6, 6.07) is 3.40. The molecule has 1 amide bonds. The number of aromatic nitrogens is 4. The van der Waals surface area contributed by atoms with Gasteiger partial charge in [-0.1, -0.05) is 0 Å². The molecule has 0 saturated carbocycles. The maximum atomic E-state index is 12.6. The van der Waals surface area contributed by atoms with E-state index in [1.54, 1.807) is 24.1 Å². The van der Waals surface area contributed by atoms with Crippen molar-refractivity contribution in [3.63, 3.8) is 0 Å². The summed E-state index contributed by atoms with van der Waals surface area (Å²) in [6.07, 6.45) is 1.50. The summed E-state index contributed by atoms with van der Waals surface area (Å²) < 4.78 is 7.17. The largest absolute Gasteiger partial charge is 0.384 e. The number of anilines is 1. The van der Waals surface area contributed by atoms with Crippen molar-refractivity contribution in [3.05, 3.63) is 35.5 Å². The average molecular weight is 302 g/mol. The summed E-state index contributed by atoms with van der Waals surface area (Å²) in [5, 5.41) is 8.31. The molecule has 116 valence electrons. The summed E-state index contributed by atoms with van der Waals surface area (Å²) in [6.45, 7) is 3.45. The first-order valence-corrected chi connectivity index (χ1v) is 7.02. The Balaban J connectivity index is 1.83. The number of hydrogen-bond acceptors (Lipinski definition) is 6. The van der Waals surface area contributed by atoms with Crippen LogP contribution < -0.4 is 5.73 Å². The van der Waals surface area contributed by atoms with Gasteiger partial charge in [0, 0.05) is 19.9 Å². The van der Waals surface area contributed by atoms with Crippen molar-refractivity contribution < 1.29 is 9.53 Å². The molecule has 0 saturated heterocycles. The maximum absolute atomic E-state index is 12.6. The first-order valence-electron chi connectivity index (χ1n) is 7.02. The summed E-state index contributed by atoms with van der Waals surface area (Å²) in [5.74, 6) is 1.86. The van der Waals surface area contributed by atoms with Gasteiger partial charge in [0.25, 0.3) is 5.91 Å². The number of pyridine rings is 1. The highest BCUT2D eigenvalue weighted by Crippen LogP contribution is 2.23. The monoisotopic (exact) mass is 302 g/mol. The van der Waals surface area contributed by atoms with Gasteiger partial charge in [0.15, 0.2) is 11.6 Å². The molecule has 8 heteroatoms. The smallest absolute Gasteiger partial charge is 0.255 e. The molecule has 2 N–H and O–H groups in total. The fourth-order valence-corrected chi connectivity index (χ4v) is 2.71. The molecule has 2 aromatic heterocycles. The Morgan fingerprint density at radius 1 is 1.45 bits per heavy atom. The summed E-state index contributed by atoms with van der Waals surface area (Å²) >= 11 is 0. The first kappa shape index (κ1) is 14.5. The van der Waals surface area contributed by atoms with E-state index in [0.717, 1.165) is 11.6 Å². The first-order chi connectivity index (χ1) is 10.6. The quantitative estimate of drug-likeness (QED) is 0.892. The lowest BCUT2D eigenvalue weighted by Crippen LogP contribution is -2.40. The van der Waals surface area contributed by atoms with Gasteiger partial charge in [-0.2, -0.15) is 0 Å². The summed E-state index contributed by atoms with van der Waals surface area (Å²) in [5.41, 5.74) is 6.07. The fourth-order valence-electron chi connectivity index (χ4n) is 2.71. The number of fused-ring (bicyclic) bond motifs is 1. The van der Waals surface area contributed by atoms with Gasteiger partial charge in [-0.25, -0.2) is 4.98 Å². The molecule has 0 aromatic carbocycles. The van der Waals surface area contributed by atoms with E-state index in [2.05, 4.69) is 15.2 Å². The minimum absolute atomic E-state index is 0.0816. The molecule has 1 aliphatic heterocycles. The molecule has 0 bridgehead atoms. The topological polar surface area (TPSA) is 99.2 Å². The van der Waals surface area contributed by atoms with Gasteiger partial charge in [-0.05, 0) is 19.1 Å². The molecule has 1 atom stereocenters. The van der Waals surface area contributed by atoms with Crippen molar-refractivity contribution in [2.24, 2.45) is 0 Å². The normalized spacial score (nSPS) is 17.4. The number of nitrogens with zero attached hydrogens (tertiary/aromatic N) is 5. The highest BCUT2D eigenvalue weighted by molar-refractivity contribution is 5.94. The van der Waals surface area contributed by atoms with Crippen LogP contribution in [-0.4, -0.2) is 44.2 Å². The Labute approximate surface area is 127 Å². The van der Waals surface area contributed by atoms with Crippen LogP contribution in [0.15, 0.2) is 18.3 Å². The lowest BCUT2D eigenvalue weighted by molar-refractivity contribution is 0.0674. The number of methoxy groups -OCH3 is 1. The Bertz CT molecular complexity index is 681. The van der Waals surface area contributed by atoms with Gasteiger partial charge in [0.05, 0.1) is 18.2 Å². The Morgan fingerprint density at radius 3 is 2.95 bits per heavy atom. The van der Waals surface area contributed by atoms with E-state index in [1.165, 1.54) is 6.20 Å². The zero-order chi connectivity index (χ0) is 15.7. The molecule has 0 fully saturated rings. The van der Waals surface area contributed by atoms with Crippen LogP contribution in [0, 0.1) is 0 Å². The highest BCUT2D eigenvalue weighted by Gasteiger charge is 2.29. The van der Waals surface area contributed by atoms with E-state index < -0.39 is 0 Å². The fraction of sp³-hybridized carbons (Fsp3) is 0.429. The third-order valence-corrected chi connectivity index (χ3v) is 3.69. The minimum atomic E-state index is -0.0816. The number of rotatable bonds is 3. The molecule has 0 spiro atoms. The van der Waals surface area contributed by atoms with Crippen LogP contribution in [0.25, 0.3) is 0 Å². The highest BCUT2D eigenvalue weighted by atomic mass is 16.5. The molecule has 0 radical (unpaired) electrons. The number of amides is 1. The molecule has 3 rings (SSSR count). The Morgan fingerprint density at radius 2 is 2.27 bits per heavy atom. The lowest BCUT2D eigenvalue weighted by atomic mass is 10.2. The maximum Gasteiger partial charge on any atom is 0.255 e. The SMILES string of the molecule is COCc1nnc2n1[C@@H](C)CN(C(=O)c1ccc(N)nc1)C2. The van der Waals surface area contributed by atoms with E-state index in [1.807, 2.05) is 11.5 Å². The zero-order valence-electron chi connectivity index (χ0n) is 12.6. The van der Waals surface area contributed by atoms with Gasteiger partial charge in [-0.3, -0.25) is 4.79 Å². The molecule has 1 aliphatic rings. The molecule has 3 heterocycles. The van der Waals surface area contributed by atoms with Crippen molar-refractivity contribution in [1.29, 1.82) is 0 Å². The number of nitrogens with two attached hydrogens (primary N) is 1. The van der Waals surface area contributed by atoms with Crippen molar-refractivity contribution in [1.82, 2.24) is 24.6 Å². The van der Waals surface area contributed by atoms with Gasteiger partial charge in [0.2, 0.25) is 0 Å². The van der Waals surface area contributed by atoms with Crippen LogP contribution in [0.5, 0.6) is 0 Å². The molecule has 22 heavy (non-hydrogen) atoms. The predicted octanol–water partition coefficient (Wildman–Crippen LogP) is 0.619. The van der Waals surface area contributed by atoms with Gasteiger partial charge >= 0.3 is 0 Å². The van der Waals surface area contributed by atoms with E-state index in [-0.39, 0.29) is 11.9 Å². The molecular formula is C14H18N6O2. The number of ether oxygens (including phenoxy) is 1. The van der Waals surface area contributed by atoms with Crippen molar-refractivity contribution in [2.45, 2.75) is 26.1 Å². The minimum Gasteiger partial charge on any atom is -0.384 e. The lowest BCUT2D eigenvalue weighted by Gasteiger charge is -2.32. The third-order valence-electron chi connectivity index (χ3n) is 3.69. The second-order valence-corrected chi connectivity index (χ2v) is 5.34. The molecule has 2 aromatic rings. The number of carbonyl (C=O) groups is 1. The van der Waals surface area contributed by atoms with Crippen LogP contribution in [0.4, 0.5) is 5.82 Å². The molecule has 0 unspecified atom stereocenters. The van der Waals surface area contributed by atoms with Crippen LogP contribution in [0.3, 0.4) is 0 Å². The summed E-state index contributed by atoms with van der Waals surface area (Å²) in [4.78, 5) is 18.3. The van der Waals surface area contributed by atoms with E-state index in [0.29, 0.717) is 31.1 Å². The van der Waals surface area contributed by atoms with E-state index in [4.69, 9.17) is 10.5 Å².